The van der Waals surface area contributed by atoms with E-state index in [1.165, 1.54) is 18.5 Å². The number of allylic oxidation sites excluding steroid dienone is 2. The van der Waals surface area contributed by atoms with Crippen LogP contribution in [0.5, 0.6) is 5.88 Å². The van der Waals surface area contributed by atoms with Crippen molar-refractivity contribution in [1.82, 2.24) is 14.9 Å². The summed E-state index contributed by atoms with van der Waals surface area (Å²) in [7, 11) is 0. The van der Waals surface area contributed by atoms with Gasteiger partial charge in [-0.3, -0.25) is 14.9 Å². The van der Waals surface area contributed by atoms with Crippen molar-refractivity contribution in [1.29, 1.82) is 0 Å². The van der Waals surface area contributed by atoms with Gasteiger partial charge in [-0.1, -0.05) is 23.7 Å². The standard InChI is InChI=1S/C27H27ClF3N5O3/c1-26(2)38-15-19(39-26)14-37-23-12-32-11-22(34-23)36-24(16-5-3-6-17(9-16)27(29,30)31)20(28)10-21-25(36)33-18-7-4-8-35(21)13-18/h3,5-6,9-12,18-19H,4,7-8,13-15H2,1-2H3/t18-,19-/m0/s1. The van der Waals surface area contributed by atoms with Crippen LogP contribution in [-0.4, -0.2) is 64.9 Å². The summed E-state index contributed by atoms with van der Waals surface area (Å²) in [6, 6.07) is 5.13. The van der Waals surface area contributed by atoms with Crippen molar-refractivity contribution in [3.05, 3.63) is 64.6 Å². The minimum Gasteiger partial charge on any atom is -0.474 e. The summed E-state index contributed by atoms with van der Waals surface area (Å²) in [5, 5.41) is 0.277. The first kappa shape index (κ1) is 26.1. The Morgan fingerprint density at radius 2 is 2.08 bits per heavy atom. The number of halogens is 4. The third-order valence-corrected chi connectivity index (χ3v) is 7.26. The lowest BCUT2D eigenvalue weighted by atomic mass is 9.98. The van der Waals surface area contributed by atoms with Gasteiger partial charge in [0.05, 0.1) is 47.0 Å². The molecule has 4 aliphatic heterocycles. The smallest absolute Gasteiger partial charge is 0.416 e. The number of hydrogen-bond acceptors (Lipinski definition) is 8. The molecule has 0 spiro atoms. The number of anilines is 1. The van der Waals surface area contributed by atoms with Gasteiger partial charge in [0.1, 0.15) is 12.7 Å². The molecule has 0 aliphatic carbocycles. The van der Waals surface area contributed by atoms with E-state index in [1.807, 2.05) is 13.8 Å². The van der Waals surface area contributed by atoms with E-state index < -0.39 is 17.5 Å². The number of aromatic nitrogens is 2. The van der Waals surface area contributed by atoms with Gasteiger partial charge in [0.2, 0.25) is 5.88 Å². The molecule has 2 bridgehead atoms. The summed E-state index contributed by atoms with van der Waals surface area (Å²) < 4.78 is 58.2. The lowest BCUT2D eigenvalue weighted by Crippen LogP contribution is -2.49. The maximum atomic E-state index is 13.6. The molecule has 0 amide bonds. The van der Waals surface area contributed by atoms with Gasteiger partial charge in [-0.25, -0.2) is 0 Å². The molecule has 2 fully saturated rings. The van der Waals surface area contributed by atoms with E-state index in [1.54, 1.807) is 17.0 Å². The molecule has 4 aliphatic rings. The van der Waals surface area contributed by atoms with Crippen LogP contribution in [0.25, 0.3) is 5.70 Å². The summed E-state index contributed by atoms with van der Waals surface area (Å²) in [6.45, 7) is 5.84. The second kappa shape index (κ2) is 9.79. The van der Waals surface area contributed by atoms with Crippen molar-refractivity contribution in [3.8, 4) is 5.88 Å². The molecule has 12 heteroatoms. The molecule has 0 N–H and O–H groups in total. The number of nitrogens with zero attached hydrogens (tertiary/aromatic N) is 5. The number of benzene rings is 1. The predicted octanol–water partition coefficient (Wildman–Crippen LogP) is 5.21. The van der Waals surface area contributed by atoms with Crippen LogP contribution in [-0.2, 0) is 15.7 Å². The molecule has 2 atom stereocenters. The molecule has 0 radical (unpaired) electrons. The molecular formula is C27H27ClF3N5O3. The number of ether oxygens (including phenoxy) is 3. The fourth-order valence-electron chi connectivity index (χ4n) is 5.26. The summed E-state index contributed by atoms with van der Waals surface area (Å²) in [5.74, 6) is 0.441. The van der Waals surface area contributed by atoms with E-state index in [0.717, 1.165) is 43.8 Å². The average molecular weight is 562 g/mol. The van der Waals surface area contributed by atoms with Crippen molar-refractivity contribution in [3.63, 3.8) is 0 Å². The van der Waals surface area contributed by atoms with Gasteiger partial charge in [0, 0.05) is 18.7 Å². The van der Waals surface area contributed by atoms with Gasteiger partial charge in [-0.2, -0.15) is 18.2 Å². The van der Waals surface area contributed by atoms with Gasteiger partial charge >= 0.3 is 6.18 Å². The Hall–Kier alpha value is -3.15. The van der Waals surface area contributed by atoms with Crippen LogP contribution in [0.1, 0.15) is 37.8 Å². The van der Waals surface area contributed by atoms with Crippen molar-refractivity contribution in [2.75, 3.05) is 31.2 Å². The average Bonchev–Trinajstić information content (AvgIpc) is 3.26. The zero-order valence-electron chi connectivity index (χ0n) is 21.4. The third-order valence-electron chi connectivity index (χ3n) is 6.97. The number of hydrogen-bond donors (Lipinski definition) is 0. The van der Waals surface area contributed by atoms with E-state index in [2.05, 4.69) is 14.9 Å². The molecule has 206 valence electrons. The Bertz CT molecular complexity index is 1380. The van der Waals surface area contributed by atoms with Gasteiger partial charge in [-0.05, 0) is 44.9 Å². The Balaban J connectivity index is 1.40. The number of amidine groups is 1. The number of fused-ring (bicyclic) bond motifs is 4. The van der Waals surface area contributed by atoms with Crippen molar-refractivity contribution in [2.24, 2.45) is 4.99 Å². The molecule has 6 rings (SSSR count). The van der Waals surface area contributed by atoms with Gasteiger partial charge in [0.15, 0.2) is 17.4 Å². The summed E-state index contributed by atoms with van der Waals surface area (Å²) in [5.41, 5.74) is 0.652. The molecular weight excluding hydrogens is 535 g/mol. The van der Waals surface area contributed by atoms with Crippen LogP contribution in [0, 0.1) is 0 Å². The Kier molecular flexibility index (Phi) is 6.55. The van der Waals surface area contributed by atoms with Gasteiger partial charge < -0.3 is 19.1 Å². The molecule has 2 aromatic rings. The summed E-state index contributed by atoms with van der Waals surface area (Å²) in [6.07, 6.45) is 1.90. The number of piperidine rings is 1. The second-order valence-electron chi connectivity index (χ2n) is 10.3. The minimum atomic E-state index is -4.51. The van der Waals surface area contributed by atoms with E-state index in [9.17, 15) is 13.2 Å². The number of rotatable bonds is 5. The van der Waals surface area contributed by atoms with Crippen LogP contribution in [0.3, 0.4) is 0 Å². The first-order chi connectivity index (χ1) is 18.6. The monoisotopic (exact) mass is 561 g/mol. The Labute approximate surface area is 228 Å². The molecule has 0 unspecified atom stereocenters. The largest absolute Gasteiger partial charge is 0.474 e. The highest BCUT2D eigenvalue weighted by atomic mass is 35.5. The maximum Gasteiger partial charge on any atom is 0.416 e. The lowest BCUT2D eigenvalue weighted by Gasteiger charge is -2.44. The topological polar surface area (TPSA) is 72.3 Å². The highest BCUT2D eigenvalue weighted by Crippen LogP contribution is 2.41. The lowest BCUT2D eigenvalue weighted by molar-refractivity contribution is -0.141. The number of alkyl halides is 3. The molecule has 2 saturated heterocycles. The van der Waals surface area contributed by atoms with E-state index in [0.29, 0.717) is 24.0 Å². The van der Waals surface area contributed by atoms with Crippen molar-refractivity contribution >= 4 is 29.0 Å². The van der Waals surface area contributed by atoms with Crippen LogP contribution in [0.4, 0.5) is 19.0 Å². The van der Waals surface area contributed by atoms with E-state index in [4.69, 9.17) is 30.8 Å². The Morgan fingerprint density at radius 1 is 1.23 bits per heavy atom. The van der Waals surface area contributed by atoms with E-state index >= 15 is 0 Å². The first-order valence-electron chi connectivity index (χ1n) is 12.8. The quantitative estimate of drug-likeness (QED) is 0.496. The van der Waals surface area contributed by atoms with Crippen LogP contribution in [0.2, 0.25) is 0 Å². The van der Waals surface area contributed by atoms with E-state index in [-0.39, 0.29) is 35.2 Å². The Morgan fingerprint density at radius 3 is 2.85 bits per heavy atom. The zero-order chi connectivity index (χ0) is 27.4. The molecule has 0 saturated carbocycles. The van der Waals surface area contributed by atoms with Crippen LogP contribution >= 0.6 is 11.6 Å². The fourth-order valence-corrected chi connectivity index (χ4v) is 5.56. The summed E-state index contributed by atoms with van der Waals surface area (Å²) >= 11 is 6.83. The molecule has 1 aromatic carbocycles. The molecule has 39 heavy (non-hydrogen) atoms. The zero-order valence-corrected chi connectivity index (χ0v) is 22.2. The second-order valence-corrected chi connectivity index (χ2v) is 10.7. The maximum absolute atomic E-state index is 13.6. The fraction of sp³-hybridized carbons (Fsp3) is 0.444. The molecule has 1 aromatic heterocycles. The third kappa shape index (κ3) is 5.22. The predicted molar refractivity (Wildman–Crippen MR) is 139 cm³/mol. The summed E-state index contributed by atoms with van der Waals surface area (Å²) in [4.78, 5) is 17.9. The van der Waals surface area contributed by atoms with Crippen molar-refractivity contribution in [2.45, 2.75) is 50.8 Å². The highest BCUT2D eigenvalue weighted by molar-refractivity contribution is 6.38. The highest BCUT2D eigenvalue weighted by Gasteiger charge is 2.39. The molecule has 8 nitrogen and oxygen atoms in total. The van der Waals surface area contributed by atoms with Gasteiger partial charge in [-0.15, -0.1) is 0 Å². The van der Waals surface area contributed by atoms with Crippen LogP contribution in [0.15, 0.2) is 58.5 Å². The molecule has 5 heterocycles. The van der Waals surface area contributed by atoms with Crippen LogP contribution < -0.4 is 9.64 Å². The minimum absolute atomic E-state index is 0.0586. The normalized spacial score (nSPS) is 24.4. The van der Waals surface area contributed by atoms with Gasteiger partial charge in [0.25, 0.3) is 0 Å². The first-order valence-corrected chi connectivity index (χ1v) is 13.1. The number of aliphatic imine (C=N–C) groups is 1. The van der Waals surface area contributed by atoms with Crippen molar-refractivity contribution < 1.29 is 27.4 Å². The SMILES string of the molecule is CC1(C)OC[C@H](COc2cncc(N3C4=N[C@H]5CCCN(C5)C4=CC(Cl)=C3c3cccc(C(F)(F)F)c3)n2)O1.